The predicted molar refractivity (Wildman–Crippen MR) is 87.6 cm³/mol. The third-order valence-electron chi connectivity index (χ3n) is 3.93. The van der Waals surface area contributed by atoms with E-state index in [1.165, 1.54) is 5.56 Å². The molecule has 0 spiro atoms. The second kappa shape index (κ2) is 4.71. The van der Waals surface area contributed by atoms with Crippen LogP contribution < -0.4 is 0 Å². The minimum Gasteiger partial charge on any atom is -0.291 e. The third kappa shape index (κ3) is 1.78. The Hall–Kier alpha value is -3.12. The van der Waals surface area contributed by atoms with Crippen LogP contribution in [-0.4, -0.2) is 9.38 Å². The van der Waals surface area contributed by atoms with E-state index in [4.69, 9.17) is 0 Å². The fourth-order valence-electron chi connectivity index (χ4n) is 2.81. The summed E-state index contributed by atoms with van der Waals surface area (Å²) in [4.78, 5) is 4.56. The van der Waals surface area contributed by atoms with E-state index in [9.17, 15) is 5.26 Å². The molecule has 4 rings (SSSR count). The minimum absolute atomic E-state index is 0.460. The lowest BCUT2D eigenvalue weighted by Crippen LogP contribution is -1.92. The van der Waals surface area contributed by atoms with Crippen molar-refractivity contribution in [2.45, 2.75) is 6.92 Å². The Morgan fingerprint density at radius 1 is 0.909 bits per heavy atom. The summed E-state index contributed by atoms with van der Waals surface area (Å²) in [5.74, 6) is 0.809. The van der Waals surface area contributed by atoms with Gasteiger partial charge in [0.25, 0.3) is 0 Å². The second-order valence-electron chi connectivity index (χ2n) is 5.37. The van der Waals surface area contributed by atoms with Crippen molar-refractivity contribution in [3.63, 3.8) is 0 Å². The summed E-state index contributed by atoms with van der Waals surface area (Å²) in [5.41, 5.74) is 4.58. The standard InChI is InChI=1S/C19H13N3/c1-13-6-8-15(9-7-13)19-21-16(12-20)18-11-10-14-4-2-3-5-17(14)22(18)19/h2-11H,1H3. The highest BCUT2D eigenvalue weighted by molar-refractivity contribution is 5.86. The maximum Gasteiger partial charge on any atom is 0.166 e. The van der Waals surface area contributed by atoms with Gasteiger partial charge in [0.1, 0.15) is 11.9 Å². The number of imidazole rings is 1. The number of benzene rings is 2. The molecule has 2 aromatic carbocycles. The lowest BCUT2D eigenvalue weighted by molar-refractivity contribution is 1.21. The minimum atomic E-state index is 0.460. The Kier molecular flexibility index (Phi) is 2.70. The highest BCUT2D eigenvalue weighted by Gasteiger charge is 2.14. The number of fused-ring (bicyclic) bond motifs is 3. The van der Waals surface area contributed by atoms with Crippen LogP contribution in [0.2, 0.25) is 0 Å². The van der Waals surface area contributed by atoms with Gasteiger partial charge >= 0.3 is 0 Å². The average molecular weight is 283 g/mol. The van der Waals surface area contributed by atoms with Crippen LogP contribution in [0, 0.1) is 18.3 Å². The number of hydrogen-bond acceptors (Lipinski definition) is 2. The summed E-state index contributed by atoms with van der Waals surface area (Å²) in [6.07, 6.45) is 0. The largest absolute Gasteiger partial charge is 0.291 e. The van der Waals surface area contributed by atoms with E-state index in [-0.39, 0.29) is 0 Å². The molecule has 0 fully saturated rings. The van der Waals surface area contributed by atoms with Crippen molar-refractivity contribution >= 4 is 16.4 Å². The first-order valence-corrected chi connectivity index (χ1v) is 7.15. The van der Waals surface area contributed by atoms with Crippen LogP contribution >= 0.6 is 0 Å². The fourth-order valence-corrected chi connectivity index (χ4v) is 2.81. The Morgan fingerprint density at radius 2 is 1.68 bits per heavy atom. The molecular formula is C19H13N3. The van der Waals surface area contributed by atoms with Gasteiger partial charge in [-0.2, -0.15) is 5.26 Å². The molecule has 0 bridgehead atoms. The predicted octanol–water partition coefficient (Wildman–Crippen LogP) is 4.33. The number of rotatable bonds is 1. The van der Waals surface area contributed by atoms with Crippen LogP contribution in [-0.2, 0) is 0 Å². The maximum atomic E-state index is 9.39. The normalized spacial score (nSPS) is 10.9. The molecule has 3 heteroatoms. The van der Waals surface area contributed by atoms with Gasteiger partial charge in [-0.1, -0.05) is 54.1 Å². The van der Waals surface area contributed by atoms with E-state index < -0.39 is 0 Å². The van der Waals surface area contributed by atoms with Crippen LogP contribution in [0.3, 0.4) is 0 Å². The average Bonchev–Trinajstić information content (AvgIpc) is 2.95. The van der Waals surface area contributed by atoms with Gasteiger partial charge in [0.05, 0.1) is 11.0 Å². The summed E-state index contributed by atoms with van der Waals surface area (Å²) in [5, 5.41) is 10.5. The highest BCUT2D eigenvalue weighted by atomic mass is 15.0. The molecule has 0 unspecified atom stereocenters. The molecule has 0 saturated heterocycles. The summed E-state index contributed by atoms with van der Waals surface area (Å²) < 4.78 is 2.07. The third-order valence-corrected chi connectivity index (χ3v) is 3.93. The molecule has 0 aliphatic heterocycles. The number of aryl methyl sites for hydroxylation is 1. The molecule has 22 heavy (non-hydrogen) atoms. The number of aromatic nitrogens is 2. The zero-order valence-corrected chi connectivity index (χ0v) is 12.1. The zero-order chi connectivity index (χ0) is 15.1. The summed E-state index contributed by atoms with van der Waals surface area (Å²) in [6, 6.07) is 22.6. The Morgan fingerprint density at radius 3 is 2.45 bits per heavy atom. The van der Waals surface area contributed by atoms with E-state index in [1.807, 2.05) is 36.4 Å². The SMILES string of the molecule is Cc1ccc(-c2nc(C#N)c3ccc4ccccc4n23)cc1. The van der Waals surface area contributed by atoms with Crippen molar-refractivity contribution in [3.8, 4) is 17.5 Å². The van der Waals surface area contributed by atoms with Crippen LogP contribution in [0.25, 0.3) is 27.8 Å². The maximum absolute atomic E-state index is 9.39. The summed E-state index contributed by atoms with van der Waals surface area (Å²) in [7, 11) is 0. The smallest absolute Gasteiger partial charge is 0.166 e. The van der Waals surface area contributed by atoms with Crippen molar-refractivity contribution in [1.82, 2.24) is 9.38 Å². The van der Waals surface area contributed by atoms with Crippen LogP contribution in [0.4, 0.5) is 0 Å². The molecule has 104 valence electrons. The van der Waals surface area contributed by atoms with Gasteiger partial charge in [-0.15, -0.1) is 0 Å². The molecule has 4 aromatic rings. The van der Waals surface area contributed by atoms with Gasteiger partial charge in [-0.3, -0.25) is 4.40 Å². The van der Waals surface area contributed by atoms with Crippen LogP contribution in [0.1, 0.15) is 11.3 Å². The van der Waals surface area contributed by atoms with Crippen LogP contribution in [0.5, 0.6) is 0 Å². The Bertz CT molecular complexity index is 1030. The number of hydrogen-bond donors (Lipinski definition) is 0. The molecule has 0 aliphatic rings. The van der Waals surface area contributed by atoms with Crippen molar-refractivity contribution in [2.75, 3.05) is 0 Å². The molecule has 2 heterocycles. The number of nitrogens with zero attached hydrogens (tertiary/aromatic N) is 3. The fraction of sp³-hybridized carbons (Fsp3) is 0.0526. The molecule has 2 aromatic heterocycles. The van der Waals surface area contributed by atoms with Gasteiger partial charge in [-0.05, 0) is 24.4 Å². The van der Waals surface area contributed by atoms with Gasteiger partial charge in [0, 0.05) is 5.56 Å². The van der Waals surface area contributed by atoms with Crippen molar-refractivity contribution < 1.29 is 0 Å². The number of pyridine rings is 1. The van der Waals surface area contributed by atoms with Crippen LogP contribution in [0.15, 0.2) is 60.7 Å². The Balaban J connectivity index is 2.16. The van der Waals surface area contributed by atoms with Crippen molar-refractivity contribution in [3.05, 3.63) is 71.9 Å². The van der Waals surface area contributed by atoms with E-state index in [0.717, 1.165) is 27.8 Å². The molecule has 0 amide bonds. The molecule has 0 radical (unpaired) electrons. The molecule has 0 N–H and O–H groups in total. The molecule has 0 aliphatic carbocycles. The Labute approximate surface area is 128 Å². The lowest BCUT2D eigenvalue weighted by Gasteiger charge is -2.06. The van der Waals surface area contributed by atoms with Crippen molar-refractivity contribution in [1.29, 1.82) is 5.26 Å². The number of nitriles is 1. The van der Waals surface area contributed by atoms with Gasteiger partial charge in [0.15, 0.2) is 5.69 Å². The van der Waals surface area contributed by atoms with Gasteiger partial charge in [0.2, 0.25) is 0 Å². The molecular weight excluding hydrogens is 270 g/mol. The monoisotopic (exact) mass is 283 g/mol. The molecule has 0 atom stereocenters. The van der Waals surface area contributed by atoms with E-state index in [1.54, 1.807) is 0 Å². The van der Waals surface area contributed by atoms with E-state index in [0.29, 0.717) is 5.69 Å². The van der Waals surface area contributed by atoms with Crippen molar-refractivity contribution in [2.24, 2.45) is 0 Å². The molecule has 0 saturated carbocycles. The first-order chi connectivity index (χ1) is 10.8. The topological polar surface area (TPSA) is 41.1 Å². The van der Waals surface area contributed by atoms with Gasteiger partial charge in [-0.25, -0.2) is 4.98 Å². The van der Waals surface area contributed by atoms with Gasteiger partial charge < -0.3 is 0 Å². The quantitative estimate of drug-likeness (QED) is 0.521. The zero-order valence-electron chi connectivity index (χ0n) is 12.1. The molecule has 3 nitrogen and oxygen atoms in total. The second-order valence-corrected chi connectivity index (χ2v) is 5.37. The summed E-state index contributed by atoms with van der Waals surface area (Å²) >= 11 is 0. The number of para-hydroxylation sites is 1. The van der Waals surface area contributed by atoms with E-state index >= 15 is 0 Å². The highest BCUT2D eigenvalue weighted by Crippen LogP contribution is 2.27. The van der Waals surface area contributed by atoms with E-state index in [2.05, 4.69) is 46.6 Å². The first kappa shape index (κ1) is 12.6. The summed E-state index contributed by atoms with van der Waals surface area (Å²) in [6.45, 7) is 2.06. The lowest BCUT2D eigenvalue weighted by atomic mass is 10.1. The first-order valence-electron chi connectivity index (χ1n) is 7.15.